The van der Waals surface area contributed by atoms with Crippen molar-refractivity contribution in [1.29, 1.82) is 0 Å². The molecule has 0 amide bonds. The third-order valence-corrected chi connectivity index (χ3v) is 3.41. The van der Waals surface area contributed by atoms with Crippen molar-refractivity contribution < 1.29 is 4.42 Å². The molecule has 3 aromatic rings. The van der Waals surface area contributed by atoms with Crippen LogP contribution >= 0.6 is 12.2 Å². The van der Waals surface area contributed by atoms with Crippen LogP contribution in [-0.4, -0.2) is 9.78 Å². The molecule has 0 aliphatic rings. The van der Waals surface area contributed by atoms with Crippen LogP contribution in [0.2, 0.25) is 0 Å². The Morgan fingerprint density at radius 3 is 2.52 bits per heavy atom. The quantitative estimate of drug-likeness (QED) is 0.731. The highest BCUT2D eigenvalue weighted by molar-refractivity contribution is 7.71. The summed E-state index contributed by atoms with van der Waals surface area (Å²) in [6, 6.07) is 17.9. The predicted octanol–water partition coefficient (Wildman–Crippen LogP) is 4.25. The van der Waals surface area contributed by atoms with Gasteiger partial charge in [-0.05, 0) is 43.4 Å². The average molecular weight is 297 g/mol. The SMILES string of the molecule is Cc1ccc(NCn2nc(-c3ccccc3)oc2=S)cc1. The first kappa shape index (κ1) is 13.6. The minimum Gasteiger partial charge on any atom is -0.409 e. The lowest BCUT2D eigenvalue weighted by molar-refractivity contribution is 0.522. The van der Waals surface area contributed by atoms with E-state index in [-0.39, 0.29) is 0 Å². The number of nitrogens with one attached hydrogen (secondary N) is 1. The van der Waals surface area contributed by atoms with Gasteiger partial charge in [0.15, 0.2) is 0 Å². The van der Waals surface area contributed by atoms with Gasteiger partial charge in [-0.1, -0.05) is 35.9 Å². The van der Waals surface area contributed by atoms with Gasteiger partial charge in [-0.25, -0.2) is 4.68 Å². The maximum absolute atomic E-state index is 5.53. The summed E-state index contributed by atoms with van der Waals surface area (Å²) in [7, 11) is 0. The van der Waals surface area contributed by atoms with Gasteiger partial charge in [-0.3, -0.25) is 0 Å². The molecule has 4 nitrogen and oxygen atoms in total. The molecule has 0 bridgehead atoms. The summed E-state index contributed by atoms with van der Waals surface area (Å²) >= 11 is 5.20. The molecule has 0 atom stereocenters. The van der Waals surface area contributed by atoms with Gasteiger partial charge in [-0.15, -0.1) is 5.10 Å². The number of rotatable bonds is 4. The number of aromatic nitrogens is 2. The molecule has 0 unspecified atom stereocenters. The van der Waals surface area contributed by atoms with Crippen molar-refractivity contribution in [3.05, 3.63) is 65.0 Å². The fourth-order valence-electron chi connectivity index (χ4n) is 1.94. The minimum absolute atomic E-state index is 0.355. The van der Waals surface area contributed by atoms with E-state index in [1.807, 2.05) is 42.5 Å². The first-order valence-electron chi connectivity index (χ1n) is 6.66. The molecule has 1 heterocycles. The van der Waals surface area contributed by atoms with Crippen molar-refractivity contribution in [2.75, 3.05) is 5.32 Å². The van der Waals surface area contributed by atoms with E-state index in [0.29, 0.717) is 17.4 Å². The van der Waals surface area contributed by atoms with E-state index < -0.39 is 0 Å². The van der Waals surface area contributed by atoms with Crippen molar-refractivity contribution in [3.63, 3.8) is 0 Å². The van der Waals surface area contributed by atoms with Crippen molar-refractivity contribution in [2.24, 2.45) is 0 Å². The molecule has 0 aliphatic heterocycles. The second kappa shape index (κ2) is 5.93. The maximum Gasteiger partial charge on any atom is 0.289 e. The maximum atomic E-state index is 5.53. The van der Waals surface area contributed by atoms with Gasteiger partial charge in [0.25, 0.3) is 4.84 Å². The molecular formula is C16H15N3OS. The van der Waals surface area contributed by atoms with Crippen LogP contribution in [0.3, 0.4) is 0 Å². The van der Waals surface area contributed by atoms with Crippen molar-refractivity contribution in [1.82, 2.24) is 9.78 Å². The molecule has 1 N–H and O–H groups in total. The van der Waals surface area contributed by atoms with Gasteiger partial charge < -0.3 is 9.73 Å². The molecule has 0 saturated heterocycles. The zero-order chi connectivity index (χ0) is 14.7. The van der Waals surface area contributed by atoms with Gasteiger partial charge >= 0.3 is 0 Å². The Morgan fingerprint density at radius 1 is 1.10 bits per heavy atom. The van der Waals surface area contributed by atoms with Crippen molar-refractivity contribution >= 4 is 17.9 Å². The smallest absolute Gasteiger partial charge is 0.289 e. The zero-order valence-corrected chi connectivity index (χ0v) is 12.4. The summed E-state index contributed by atoms with van der Waals surface area (Å²) in [4.78, 5) is 0.355. The van der Waals surface area contributed by atoms with Crippen LogP contribution in [0.5, 0.6) is 0 Å². The first-order valence-corrected chi connectivity index (χ1v) is 7.07. The molecule has 2 aromatic carbocycles. The highest BCUT2D eigenvalue weighted by Crippen LogP contribution is 2.17. The number of anilines is 1. The van der Waals surface area contributed by atoms with Crippen LogP contribution in [0.15, 0.2) is 59.0 Å². The van der Waals surface area contributed by atoms with E-state index in [1.54, 1.807) is 4.68 Å². The molecule has 0 saturated carbocycles. The second-order valence-electron chi connectivity index (χ2n) is 4.74. The largest absolute Gasteiger partial charge is 0.409 e. The third-order valence-electron chi connectivity index (χ3n) is 3.11. The highest BCUT2D eigenvalue weighted by atomic mass is 32.1. The Hall–Kier alpha value is -2.40. The van der Waals surface area contributed by atoms with E-state index in [4.69, 9.17) is 16.6 Å². The zero-order valence-electron chi connectivity index (χ0n) is 11.6. The van der Waals surface area contributed by atoms with Crippen molar-refractivity contribution in [2.45, 2.75) is 13.6 Å². The fourth-order valence-corrected chi connectivity index (χ4v) is 2.13. The van der Waals surface area contributed by atoms with E-state index in [0.717, 1.165) is 11.3 Å². The third kappa shape index (κ3) is 3.20. The van der Waals surface area contributed by atoms with Gasteiger partial charge in [0.2, 0.25) is 5.89 Å². The molecule has 0 radical (unpaired) electrons. The molecule has 21 heavy (non-hydrogen) atoms. The Balaban J connectivity index is 1.76. The number of benzene rings is 2. The van der Waals surface area contributed by atoms with E-state index in [2.05, 4.69) is 29.5 Å². The Labute approximate surface area is 128 Å². The Bertz CT molecular complexity index is 775. The van der Waals surface area contributed by atoms with Crippen LogP contribution < -0.4 is 5.32 Å². The van der Waals surface area contributed by atoms with Crippen LogP contribution in [-0.2, 0) is 6.67 Å². The lowest BCUT2D eigenvalue weighted by Crippen LogP contribution is -2.09. The Morgan fingerprint density at radius 2 is 1.81 bits per heavy atom. The van der Waals surface area contributed by atoms with E-state index in [9.17, 15) is 0 Å². The molecule has 1 aromatic heterocycles. The molecule has 0 spiro atoms. The van der Waals surface area contributed by atoms with Crippen LogP contribution in [0.4, 0.5) is 5.69 Å². The van der Waals surface area contributed by atoms with Gasteiger partial charge in [-0.2, -0.15) is 0 Å². The summed E-state index contributed by atoms with van der Waals surface area (Å²) in [6.45, 7) is 2.53. The molecule has 106 valence electrons. The predicted molar refractivity (Wildman–Crippen MR) is 85.6 cm³/mol. The van der Waals surface area contributed by atoms with Crippen LogP contribution in [0, 0.1) is 11.8 Å². The molecule has 5 heteroatoms. The van der Waals surface area contributed by atoms with E-state index in [1.165, 1.54) is 5.56 Å². The standard InChI is InChI=1S/C16H15N3OS/c1-12-7-9-14(10-8-12)17-11-19-16(21)20-15(18-19)13-5-3-2-4-6-13/h2-10,17H,11H2,1H3. The summed E-state index contributed by atoms with van der Waals surface area (Å²) < 4.78 is 7.17. The van der Waals surface area contributed by atoms with Gasteiger partial charge in [0.05, 0.1) is 0 Å². The lowest BCUT2D eigenvalue weighted by atomic mass is 10.2. The van der Waals surface area contributed by atoms with E-state index >= 15 is 0 Å². The number of hydrogen-bond donors (Lipinski definition) is 1. The number of aryl methyl sites for hydroxylation is 1. The second-order valence-corrected chi connectivity index (χ2v) is 5.09. The molecule has 0 aliphatic carbocycles. The monoisotopic (exact) mass is 297 g/mol. The summed E-state index contributed by atoms with van der Waals surface area (Å²) in [5.74, 6) is 0.534. The number of hydrogen-bond acceptors (Lipinski definition) is 4. The molecule has 3 rings (SSSR count). The topological polar surface area (TPSA) is 43.0 Å². The summed E-state index contributed by atoms with van der Waals surface area (Å²) in [5, 5.41) is 7.66. The lowest BCUT2D eigenvalue weighted by Gasteiger charge is -2.05. The first-order chi connectivity index (χ1) is 10.2. The fraction of sp³-hybridized carbons (Fsp3) is 0.125. The minimum atomic E-state index is 0.355. The summed E-state index contributed by atoms with van der Waals surface area (Å²) in [6.07, 6.45) is 0. The van der Waals surface area contributed by atoms with Crippen LogP contribution in [0.1, 0.15) is 5.56 Å². The van der Waals surface area contributed by atoms with Gasteiger partial charge in [0.1, 0.15) is 6.67 Å². The molecule has 0 fully saturated rings. The molecular weight excluding hydrogens is 282 g/mol. The summed E-state index contributed by atoms with van der Waals surface area (Å²) in [5.41, 5.74) is 3.16. The van der Waals surface area contributed by atoms with Gasteiger partial charge in [0, 0.05) is 11.3 Å². The van der Waals surface area contributed by atoms with Crippen molar-refractivity contribution in [3.8, 4) is 11.5 Å². The van der Waals surface area contributed by atoms with Crippen LogP contribution in [0.25, 0.3) is 11.5 Å². The average Bonchev–Trinajstić information content (AvgIpc) is 2.89. The number of nitrogens with zero attached hydrogens (tertiary/aromatic N) is 2. The highest BCUT2D eigenvalue weighted by Gasteiger charge is 2.07. The Kier molecular flexibility index (Phi) is 3.83. The normalized spacial score (nSPS) is 10.5.